The van der Waals surface area contributed by atoms with E-state index >= 15 is 0 Å². The number of Topliss-reactive ketones (excluding diaryl/α,β-unsaturated/α-hetero) is 2. The van der Waals surface area contributed by atoms with Gasteiger partial charge in [0.05, 0.1) is 5.92 Å². The van der Waals surface area contributed by atoms with Crippen molar-refractivity contribution in [1.82, 2.24) is 0 Å². The summed E-state index contributed by atoms with van der Waals surface area (Å²) in [5, 5.41) is 0. The highest BCUT2D eigenvalue weighted by Crippen LogP contribution is 2.19. The molecule has 0 radical (unpaired) electrons. The molecular formula is C15H19NO2. The molecule has 0 amide bonds. The predicted octanol–water partition coefficient (Wildman–Crippen LogP) is 2.87. The number of nitrogens with two attached hydrogens (primary N) is 1. The topological polar surface area (TPSA) is 60.2 Å². The second-order valence-corrected chi connectivity index (χ2v) is 4.62. The highest BCUT2D eigenvalue weighted by Gasteiger charge is 2.27. The summed E-state index contributed by atoms with van der Waals surface area (Å²) in [7, 11) is 0. The van der Waals surface area contributed by atoms with Crippen molar-refractivity contribution in [3.63, 3.8) is 0 Å². The number of carbonyl (C=O) groups is 2. The van der Waals surface area contributed by atoms with E-state index in [1.54, 1.807) is 44.2 Å². The Hall–Kier alpha value is -1.90. The van der Waals surface area contributed by atoms with Gasteiger partial charge >= 0.3 is 0 Å². The van der Waals surface area contributed by atoms with Crippen molar-refractivity contribution in [2.45, 2.75) is 20.3 Å². The molecule has 18 heavy (non-hydrogen) atoms. The Morgan fingerprint density at radius 1 is 1.28 bits per heavy atom. The molecule has 0 heterocycles. The molecule has 0 saturated heterocycles. The van der Waals surface area contributed by atoms with Crippen molar-refractivity contribution >= 4 is 17.3 Å². The number of carbonyl (C=O) groups excluding carboxylic acids is 2. The number of ketones is 2. The smallest absolute Gasteiger partial charge is 0.173 e. The molecule has 0 aromatic heterocycles. The van der Waals surface area contributed by atoms with Crippen LogP contribution in [-0.4, -0.2) is 11.6 Å². The minimum atomic E-state index is -0.633. The van der Waals surface area contributed by atoms with Gasteiger partial charge in [0.15, 0.2) is 5.78 Å². The zero-order chi connectivity index (χ0) is 13.7. The summed E-state index contributed by atoms with van der Waals surface area (Å²) < 4.78 is 0. The Labute approximate surface area is 108 Å². The summed E-state index contributed by atoms with van der Waals surface area (Å²) in [6, 6.07) is 6.64. The Morgan fingerprint density at radius 2 is 1.83 bits per heavy atom. The van der Waals surface area contributed by atoms with Crippen LogP contribution < -0.4 is 5.73 Å². The Kier molecular flexibility index (Phi) is 4.84. The largest absolute Gasteiger partial charge is 0.399 e. The zero-order valence-corrected chi connectivity index (χ0v) is 10.8. The number of hydrogen-bond acceptors (Lipinski definition) is 3. The van der Waals surface area contributed by atoms with Crippen LogP contribution in [0.15, 0.2) is 36.9 Å². The third kappa shape index (κ3) is 3.29. The lowest BCUT2D eigenvalue weighted by atomic mass is 9.86. The van der Waals surface area contributed by atoms with Crippen molar-refractivity contribution in [3.8, 4) is 0 Å². The third-order valence-electron chi connectivity index (χ3n) is 2.83. The van der Waals surface area contributed by atoms with E-state index in [1.165, 1.54) is 0 Å². The SMILES string of the molecule is C=CCC(C(=O)c1ccc(N)cc1)C(=O)C(C)C. The van der Waals surface area contributed by atoms with E-state index in [1.807, 2.05) is 0 Å². The number of rotatable bonds is 6. The van der Waals surface area contributed by atoms with Crippen LogP contribution in [0.4, 0.5) is 5.69 Å². The summed E-state index contributed by atoms with van der Waals surface area (Å²) in [6.45, 7) is 7.21. The van der Waals surface area contributed by atoms with Crippen molar-refractivity contribution in [2.75, 3.05) is 5.73 Å². The molecule has 0 spiro atoms. The van der Waals surface area contributed by atoms with Crippen molar-refractivity contribution in [1.29, 1.82) is 0 Å². The fraction of sp³-hybridized carbons (Fsp3) is 0.333. The number of benzene rings is 1. The highest BCUT2D eigenvalue weighted by atomic mass is 16.2. The van der Waals surface area contributed by atoms with E-state index in [9.17, 15) is 9.59 Å². The second-order valence-electron chi connectivity index (χ2n) is 4.62. The second kappa shape index (κ2) is 6.15. The third-order valence-corrected chi connectivity index (χ3v) is 2.83. The van der Waals surface area contributed by atoms with Crippen molar-refractivity contribution in [3.05, 3.63) is 42.5 Å². The highest BCUT2D eigenvalue weighted by molar-refractivity contribution is 6.11. The Morgan fingerprint density at radius 3 is 2.28 bits per heavy atom. The fourth-order valence-electron chi connectivity index (χ4n) is 1.77. The van der Waals surface area contributed by atoms with E-state index in [0.717, 1.165) is 0 Å². The van der Waals surface area contributed by atoms with Gasteiger partial charge in [0.25, 0.3) is 0 Å². The van der Waals surface area contributed by atoms with E-state index in [0.29, 0.717) is 17.7 Å². The van der Waals surface area contributed by atoms with Crippen molar-refractivity contribution in [2.24, 2.45) is 11.8 Å². The summed E-state index contributed by atoms with van der Waals surface area (Å²) in [5.74, 6) is -0.996. The van der Waals surface area contributed by atoms with Crippen LogP contribution in [0.25, 0.3) is 0 Å². The lowest BCUT2D eigenvalue weighted by molar-refractivity contribution is -0.124. The standard InChI is InChI=1S/C15H19NO2/c1-4-5-13(14(17)10(2)3)15(18)11-6-8-12(16)9-7-11/h4,6-10,13H,1,5,16H2,2-3H3. The van der Waals surface area contributed by atoms with E-state index in [-0.39, 0.29) is 17.5 Å². The van der Waals surface area contributed by atoms with Gasteiger partial charge in [-0.25, -0.2) is 0 Å². The maximum absolute atomic E-state index is 12.3. The molecule has 0 bridgehead atoms. The van der Waals surface area contributed by atoms with Crippen LogP contribution in [-0.2, 0) is 4.79 Å². The van der Waals surface area contributed by atoms with Gasteiger partial charge < -0.3 is 5.73 Å². The van der Waals surface area contributed by atoms with E-state index in [2.05, 4.69) is 6.58 Å². The van der Waals surface area contributed by atoms with Crippen LogP contribution in [0.5, 0.6) is 0 Å². The predicted molar refractivity (Wildman–Crippen MR) is 73.3 cm³/mol. The maximum atomic E-state index is 12.3. The zero-order valence-electron chi connectivity index (χ0n) is 10.8. The van der Waals surface area contributed by atoms with Gasteiger partial charge in [0, 0.05) is 17.2 Å². The molecule has 1 aromatic carbocycles. The minimum absolute atomic E-state index is 0.0447. The van der Waals surface area contributed by atoms with Gasteiger partial charge in [-0.2, -0.15) is 0 Å². The summed E-state index contributed by atoms with van der Waals surface area (Å²) in [5.41, 5.74) is 6.69. The first-order valence-corrected chi connectivity index (χ1v) is 6.01. The molecule has 1 rings (SSSR count). The van der Waals surface area contributed by atoms with E-state index < -0.39 is 5.92 Å². The quantitative estimate of drug-likeness (QED) is 0.363. The van der Waals surface area contributed by atoms with E-state index in [4.69, 9.17) is 5.73 Å². The van der Waals surface area contributed by atoms with Gasteiger partial charge in [-0.15, -0.1) is 6.58 Å². The Bertz CT molecular complexity index is 446. The maximum Gasteiger partial charge on any atom is 0.173 e. The lowest BCUT2D eigenvalue weighted by Gasteiger charge is -2.15. The summed E-state index contributed by atoms with van der Waals surface area (Å²) in [4.78, 5) is 24.3. The summed E-state index contributed by atoms with van der Waals surface area (Å²) >= 11 is 0. The van der Waals surface area contributed by atoms with Crippen LogP contribution in [0.3, 0.4) is 0 Å². The molecule has 96 valence electrons. The first kappa shape index (κ1) is 14.2. The van der Waals surface area contributed by atoms with Gasteiger partial charge in [0.1, 0.15) is 5.78 Å². The molecule has 0 aliphatic heterocycles. The molecule has 3 nitrogen and oxygen atoms in total. The van der Waals surface area contributed by atoms with Crippen LogP contribution >= 0.6 is 0 Å². The van der Waals surface area contributed by atoms with Crippen LogP contribution in [0.2, 0.25) is 0 Å². The molecule has 0 saturated carbocycles. The molecule has 3 heteroatoms. The average Bonchev–Trinajstić information content (AvgIpc) is 2.35. The van der Waals surface area contributed by atoms with Crippen molar-refractivity contribution < 1.29 is 9.59 Å². The minimum Gasteiger partial charge on any atom is -0.399 e. The van der Waals surface area contributed by atoms with Gasteiger partial charge in [-0.05, 0) is 30.7 Å². The normalized spacial score (nSPS) is 12.2. The first-order chi connectivity index (χ1) is 8.47. The number of allylic oxidation sites excluding steroid dienone is 1. The molecule has 1 aromatic rings. The molecule has 0 aliphatic carbocycles. The average molecular weight is 245 g/mol. The number of hydrogen-bond donors (Lipinski definition) is 1. The van der Waals surface area contributed by atoms with Crippen LogP contribution in [0.1, 0.15) is 30.6 Å². The summed E-state index contributed by atoms with van der Waals surface area (Å²) in [6.07, 6.45) is 1.99. The molecule has 2 N–H and O–H groups in total. The molecule has 1 atom stereocenters. The van der Waals surface area contributed by atoms with Gasteiger partial charge in [0.2, 0.25) is 0 Å². The monoisotopic (exact) mass is 245 g/mol. The lowest BCUT2D eigenvalue weighted by Crippen LogP contribution is -2.27. The molecule has 1 unspecified atom stereocenters. The molecular weight excluding hydrogens is 226 g/mol. The first-order valence-electron chi connectivity index (χ1n) is 6.01. The fourth-order valence-corrected chi connectivity index (χ4v) is 1.77. The number of anilines is 1. The molecule has 0 aliphatic rings. The number of nitrogen functional groups attached to an aromatic ring is 1. The van der Waals surface area contributed by atoms with Gasteiger partial charge in [-0.3, -0.25) is 9.59 Å². The van der Waals surface area contributed by atoms with Crippen LogP contribution in [0, 0.1) is 11.8 Å². The molecule has 0 fully saturated rings. The Balaban J connectivity index is 2.99. The van der Waals surface area contributed by atoms with Gasteiger partial charge in [-0.1, -0.05) is 19.9 Å².